The Morgan fingerprint density at radius 1 is 1.00 bits per heavy atom. The lowest BCUT2D eigenvalue weighted by atomic mass is 10.1. The van der Waals surface area contributed by atoms with E-state index < -0.39 is 0 Å². The molecule has 1 aliphatic rings. The van der Waals surface area contributed by atoms with Gasteiger partial charge in [0, 0.05) is 0 Å². The molecular weight excluding hydrogens is 561 g/mol. The summed E-state index contributed by atoms with van der Waals surface area (Å²) in [6.07, 6.45) is 1.74. The number of aryl methyl sites for hydroxylation is 1. The van der Waals surface area contributed by atoms with Crippen molar-refractivity contribution in [2.75, 3.05) is 6.61 Å². The number of thioether (sulfide) groups is 1. The van der Waals surface area contributed by atoms with Crippen LogP contribution in [0.2, 0.25) is 0 Å². The highest BCUT2D eigenvalue weighted by Crippen LogP contribution is 2.38. The number of benzene rings is 3. The average Bonchev–Trinajstić information content (AvgIpc) is 3.08. The predicted molar refractivity (Wildman–Crippen MR) is 144 cm³/mol. The van der Waals surface area contributed by atoms with Gasteiger partial charge < -0.3 is 9.47 Å². The molecule has 1 heterocycles. The fourth-order valence-corrected chi connectivity index (χ4v) is 5.17. The number of imide groups is 1. The average molecular weight is 585 g/mol. The number of halogens is 1. The van der Waals surface area contributed by atoms with Gasteiger partial charge in [0.25, 0.3) is 11.1 Å². The van der Waals surface area contributed by atoms with Crippen LogP contribution in [0.4, 0.5) is 4.79 Å². The number of carbonyl (C=O) groups is 2. The van der Waals surface area contributed by atoms with Crippen molar-refractivity contribution in [1.29, 1.82) is 0 Å². The molecule has 0 saturated carbocycles. The van der Waals surface area contributed by atoms with Crippen LogP contribution in [-0.2, 0) is 17.9 Å². The second kappa shape index (κ2) is 11.1. The Kier molecular flexibility index (Phi) is 7.95. The Bertz CT molecular complexity index is 1240. The molecule has 34 heavy (non-hydrogen) atoms. The third kappa shape index (κ3) is 5.64. The Morgan fingerprint density at radius 3 is 2.47 bits per heavy atom. The first-order chi connectivity index (χ1) is 16.5. The molecule has 0 aromatic heterocycles. The van der Waals surface area contributed by atoms with Crippen molar-refractivity contribution < 1.29 is 19.1 Å². The van der Waals surface area contributed by atoms with Crippen molar-refractivity contribution in [3.8, 4) is 11.5 Å². The van der Waals surface area contributed by atoms with Crippen LogP contribution in [0.25, 0.3) is 6.08 Å². The molecule has 174 valence electrons. The van der Waals surface area contributed by atoms with Crippen molar-refractivity contribution in [3.63, 3.8) is 0 Å². The normalized spacial score (nSPS) is 14.7. The third-order valence-corrected chi connectivity index (χ3v) is 7.03. The zero-order chi connectivity index (χ0) is 24.1. The first-order valence-corrected chi connectivity index (χ1v) is 12.8. The number of nitrogens with zero attached hydrogens (tertiary/aromatic N) is 1. The van der Waals surface area contributed by atoms with Gasteiger partial charge in [0.15, 0.2) is 11.5 Å². The lowest BCUT2D eigenvalue weighted by Crippen LogP contribution is -2.27. The fraction of sp³-hybridized carbons (Fsp3) is 0.185. The number of amides is 2. The lowest BCUT2D eigenvalue weighted by Gasteiger charge is -2.16. The van der Waals surface area contributed by atoms with E-state index in [9.17, 15) is 9.59 Å². The van der Waals surface area contributed by atoms with Gasteiger partial charge in [0.1, 0.15) is 6.61 Å². The Morgan fingerprint density at radius 2 is 1.74 bits per heavy atom. The Labute approximate surface area is 217 Å². The molecule has 5 nitrogen and oxygen atoms in total. The number of carbonyl (C=O) groups excluding carboxylic acids is 2. The van der Waals surface area contributed by atoms with Gasteiger partial charge in [-0.2, -0.15) is 0 Å². The van der Waals surface area contributed by atoms with Crippen LogP contribution >= 0.6 is 34.4 Å². The van der Waals surface area contributed by atoms with Crippen LogP contribution in [0, 0.1) is 10.5 Å². The minimum absolute atomic E-state index is 0.260. The molecule has 0 aliphatic carbocycles. The first-order valence-electron chi connectivity index (χ1n) is 10.9. The summed E-state index contributed by atoms with van der Waals surface area (Å²) in [5, 5.41) is -0.266. The molecule has 3 aromatic rings. The van der Waals surface area contributed by atoms with Crippen LogP contribution in [0.15, 0.2) is 71.6 Å². The van der Waals surface area contributed by atoms with E-state index >= 15 is 0 Å². The smallest absolute Gasteiger partial charge is 0.293 e. The largest absolute Gasteiger partial charge is 0.490 e. The molecule has 0 bridgehead atoms. The summed E-state index contributed by atoms with van der Waals surface area (Å²) >= 11 is 3.17. The molecule has 0 spiro atoms. The summed E-state index contributed by atoms with van der Waals surface area (Å²) < 4.78 is 12.9. The third-order valence-electron chi connectivity index (χ3n) is 5.32. The second-order valence-corrected chi connectivity index (χ2v) is 9.89. The highest BCUT2D eigenvalue weighted by Gasteiger charge is 2.35. The molecule has 2 amide bonds. The molecule has 4 rings (SSSR count). The minimum atomic E-state index is -0.285. The van der Waals surface area contributed by atoms with Gasteiger partial charge in [-0.25, -0.2) is 0 Å². The Balaban J connectivity index is 1.56. The van der Waals surface area contributed by atoms with Crippen molar-refractivity contribution in [2.24, 2.45) is 0 Å². The first kappa shape index (κ1) is 24.3. The summed E-state index contributed by atoms with van der Waals surface area (Å²) in [5.41, 5.74) is 3.96. The zero-order valence-electron chi connectivity index (χ0n) is 18.9. The molecule has 0 atom stereocenters. The number of hydrogen-bond acceptors (Lipinski definition) is 5. The van der Waals surface area contributed by atoms with Crippen molar-refractivity contribution >= 4 is 51.6 Å². The molecule has 1 saturated heterocycles. The van der Waals surface area contributed by atoms with Gasteiger partial charge in [0.05, 0.1) is 21.6 Å². The quantitative estimate of drug-likeness (QED) is 0.215. The molecule has 3 aromatic carbocycles. The van der Waals surface area contributed by atoms with Gasteiger partial charge in [-0.3, -0.25) is 14.5 Å². The van der Waals surface area contributed by atoms with Crippen LogP contribution in [-0.4, -0.2) is 22.7 Å². The predicted octanol–water partition coefficient (Wildman–Crippen LogP) is 6.81. The molecule has 0 N–H and O–H groups in total. The molecule has 1 fully saturated rings. The van der Waals surface area contributed by atoms with Gasteiger partial charge >= 0.3 is 0 Å². The maximum Gasteiger partial charge on any atom is 0.293 e. The highest BCUT2D eigenvalue weighted by atomic mass is 127. The second-order valence-electron chi connectivity index (χ2n) is 7.73. The summed E-state index contributed by atoms with van der Waals surface area (Å²) in [4.78, 5) is 27.1. The van der Waals surface area contributed by atoms with Crippen LogP contribution in [0.1, 0.15) is 29.2 Å². The number of ether oxygens (including phenoxy) is 2. The fourth-order valence-electron chi connectivity index (χ4n) is 3.55. The SMILES string of the molecule is CCOc1cc(/C=C2\SC(=O)N(Cc3ccccc3)C2=O)cc(I)c1OCc1ccccc1C. The van der Waals surface area contributed by atoms with Crippen molar-refractivity contribution in [1.82, 2.24) is 4.90 Å². The summed E-state index contributed by atoms with van der Waals surface area (Å²) in [6, 6.07) is 21.4. The van der Waals surface area contributed by atoms with Crippen molar-refractivity contribution in [3.05, 3.63) is 97.5 Å². The van der Waals surface area contributed by atoms with E-state index in [0.29, 0.717) is 29.6 Å². The van der Waals surface area contributed by atoms with E-state index in [1.807, 2.05) is 67.6 Å². The molecular formula is C27H24INO4S. The van der Waals surface area contributed by atoms with Gasteiger partial charge in [-0.15, -0.1) is 0 Å². The lowest BCUT2D eigenvalue weighted by molar-refractivity contribution is -0.123. The number of rotatable bonds is 8. The van der Waals surface area contributed by atoms with Crippen LogP contribution in [0.3, 0.4) is 0 Å². The van der Waals surface area contributed by atoms with Gasteiger partial charge in [-0.05, 0) is 88.7 Å². The maximum absolute atomic E-state index is 12.9. The summed E-state index contributed by atoms with van der Waals surface area (Å²) in [7, 11) is 0. The molecule has 0 unspecified atom stereocenters. The van der Waals surface area contributed by atoms with E-state index in [1.165, 1.54) is 10.5 Å². The highest BCUT2D eigenvalue weighted by molar-refractivity contribution is 14.1. The van der Waals surface area contributed by atoms with Crippen LogP contribution in [0.5, 0.6) is 11.5 Å². The topological polar surface area (TPSA) is 55.8 Å². The van der Waals surface area contributed by atoms with E-state index in [0.717, 1.165) is 32.0 Å². The van der Waals surface area contributed by atoms with Crippen LogP contribution < -0.4 is 9.47 Å². The summed E-state index contributed by atoms with van der Waals surface area (Å²) in [5.74, 6) is 0.990. The van der Waals surface area contributed by atoms with Gasteiger partial charge in [-0.1, -0.05) is 54.6 Å². The van der Waals surface area contributed by atoms with Crippen molar-refractivity contribution in [2.45, 2.75) is 27.0 Å². The monoisotopic (exact) mass is 585 g/mol. The van der Waals surface area contributed by atoms with E-state index in [4.69, 9.17) is 9.47 Å². The van der Waals surface area contributed by atoms with Gasteiger partial charge in [0.2, 0.25) is 0 Å². The molecule has 0 radical (unpaired) electrons. The number of hydrogen-bond donors (Lipinski definition) is 0. The summed E-state index contributed by atoms with van der Waals surface area (Å²) in [6.45, 7) is 5.14. The maximum atomic E-state index is 12.9. The standard InChI is InChI=1S/C27H24INO4S/c1-3-32-23-14-20(13-22(28)25(23)33-17-21-12-8-7-9-18(21)2)15-24-26(30)29(27(31)34-24)16-19-10-5-4-6-11-19/h4-15H,3,16-17H2,1-2H3/b24-15-. The van der Waals surface area contributed by atoms with E-state index in [-0.39, 0.29) is 17.7 Å². The van der Waals surface area contributed by atoms with E-state index in [2.05, 4.69) is 35.6 Å². The Hall–Kier alpha value is -2.78. The molecule has 1 aliphatic heterocycles. The molecule has 7 heteroatoms. The van der Waals surface area contributed by atoms with E-state index in [1.54, 1.807) is 6.08 Å². The minimum Gasteiger partial charge on any atom is -0.490 e. The zero-order valence-corrected chi connectivity index (χ0v) is 21.9.